The highest BCUT2D eigenvalue weighted by atomic mass is 16.5. The lowest BCUT2D eigenvalue weighted by Gasteiger charge is -2.28. The fourth-order valence-corrected chi connectivity index (χ4v) is 4.00. The molecule has 1 aliphatic rings. The van der Waals surface area contributed by atoms with E-state index in [9.17, 15) is 0 Å². The normalized spacial score (nSPS) is 21.8. The Balaban J connectivity index is 2.24. The van der Waals surface area contributed by atoms with Crippen molar-refractivity contribution in [3.8, 4) is 0 Å². The van der Waals surface area contributed by atoms with E-state index in [-0.39, 0.29) is 0 Å². The van der Waals surface area contributed by atoms with E-state index in [4.69, 9.17) is 15.2 Å². The average Bonchev–Trinajstić information content (AvgIpc) is 2.66. The van der Waals surface area contributed by atoms with Gasteiger partial charge in [-0.2, -0.15) is 0 Å². The van der Waals surface area contributed by atoms with Crippen LogP contribution in [-0.2, 0) is 9.47 Å². The molecule has 1 fully saturated rings. The van der Waals surface area contributed by atoms with Crippen LogP contribution in [0, 0.1) is 17.8 Å². The van der Waals surface area contributed by atoms with Crippen LogP contribution in [0.2, 0.25) is 0 Å². The minimum Gasteiger partial charge on any atom is -0.404 e. The SMILES string of the molecule is CCCCCC1CCC(CC/C(C=NCC(COC)COC)=C/N)CC1. The monoisotopic (exact) mass is 366 g/mol. The number of unbranched alkanes of at least 4 members (excludes halogenated alkanes) is 2. The molecule has 0 bridgehead atoms. The van der Waals surface area contributed by atoms with Crippen LogP contribution in [0.25, 0.3) is 0 Å². The highest BCUT2D eigenvalue weighted by Crippen LogP contribution is 2.34. The number of rotatable bonds is 14. The Morgan fingerprint density at radius 2 is 1.65 bits per heavy atom. The molecular formula is C22H42N2O2. The third-order valence-electron chi connectivity index (χ3n) is 5.66. The average molecular weight is 367 g/mol. The highest BCUT2D eigenvalue weighted by molar-refractivity contribution is 5.78. The van der Waals surface area contributed by atoms with Gasteiger partial charge in [-0.15, -0.1) is 0 Å². The van der Waals surface area contributed by atoms with E-state index in [1.54, 1.807) is 20.4 Å². The predicted molar refractivity (Wildman–Crippen MR) is 112 cm³/mol. The van der Waals surface area contributed by atoms with Crippen LogP contribution < -0.4 is 5.73 Å². The van der Waals surface area contributed by atoms with Gasteiger partial charge in [0.2, 0.25) is 0 Å². The van der Waals surface area contributed by atoms with Crippen LogP contribution in [0.5, 0.6) is 0 Å². The van der Waals surface area contributed by atoms with Gasteiger partial charge in [0.05, 0.1) is 13.2 Å². The topological polar surface area (TPSA) is 56.8 Å². The molecular weight excluding hydrogens is 324 g/mol. The first-order chi connectivity index (χ1) is 12.7. The summed E-state index contributed by atoms with van der Waals surface area (Å²) in [5.41, 5.74) is 6.97. The number of nitrogens with zero attached hydrogens (tertiary/aromatic N) is 1. The summed E-state index contributed by atoms with van der Waals surface area (Å²) < 4.78 is 10.4. The lowest BCUT2D eigenvalue weighted by atomic mass is 9.78. The minimum atomic E-state index is 0.309. The Hall–Kier alpha value is -0.870. The quantitative estimate of drug-likeness (QED) is 0.348. The second-order valence-electron chi connectivity index (χ2n) is 7.93. The molecule has 1 saturated carbocycles. The minimum absolute atomic E-state index is 0.309. The molecule has 1 rings (SSSR count). The van der Waals surface area contributed by atoms with Gasteiger partial charge in [-0.25, -0.2) is 0 Å². The van der Waals surface area contributed by atoms with Crippen LogP contribution in [0.4, 0.5) is 0 Å². The third kappa shape index (κ3) is 10.3. The molecule has 152 valence electrons. The number of nitrogens with two attached hydrogens (primary N) is 1. The zero-order valence-electron chi connectivity index (χ0n) is 17.4. The number of methoxy groups -OCH3 is 2. The lowest BCUT2D eigenvalue weighted by molar-refractivity contribution is 0.0889. The highest BCUT2D eigenvalue weighted by Gasteiger charge is 2.20. The predicted octanol–water partition coefficient (Wildman–Crippen LogP) is 4.98. The molecule has 26 heavy (non-hydrogen) atoms. The van der Waals surface area contributed by atoms with E-state index in [0.29, 0.717) is 19.1 Å². The van der Waals surface area contributed by atoms with Crippen molar-refractivity contribution >= 4 is 6.21 Å². The Labute approximate surface area is 161 Å². The first kappa shape index (κ1) is 23.2. The number of hydrogen-bond acceptors (Lipinski definition) is 4. The molecule has 0 spiro atoms. The summed E-state index contributed by atoms with van der Waals surface area (Å²) in [5.74, 6) is 2.17. The van der Waals surface area contributed by atoms with Crippen molar-refractivity contribution in [1.29, 1.82) is 0 Å². The van der Waals surface area contributed by atoms with E-state index < -0.39 is 0 Å². The van der Waals surface area contributed by atoms with Crippen molar-refractivity contribution in [3.63, 3.8) is 0 Å². The Bertz CT molecular complexity index is 382. The molecule has 0 atom stereocenters. The van der Waals surface area contributed by atoms with E-state index in [0.717, 1.165) is 30.4 Å². The third-order valence-corrected chi connectivity index (χ3v) is 5.66. The fourth-order valence-electron chi connectivity index (χ4n) is 4.00. The van der Waals surface area contributed by atoms with Crippen LogP contribution >= 0.6 is 0 Å². The second-order valence-corrected chi connectivity index (χ2v) is 7.93. The van der Waals surface area contributed by atoms with Gasteiger partial charge in [0, 0.05) is 32.9 Å². The maximum Gasteiger partial charge on any atom is 0.0530 e. The van der Waals surface area contributed by atoms with Crippen molar-refractivity contribution in [2.45, 2.75) is 71.1 Å². The van der Waals surface area contributed by atoms with Crippen molar-refractivity contribution in [1.82, 2.24) is 0 Å². The molecule has 0 heterocycles. The lowest BCUT2D eigenvalue weighted by Crippen LogP contribution is -2.17. The van der Waals surface area contributed by atoms with Gasteiger partial charge in [0.25, 0.3) is 0 Å². The van der Waals surface area contributed by atoms with Crippen molar-refractivity contribution in [3.05, 3.63) is 11.8 Å². The fraction of sp³-hybridized carbons (Fsp3) is 0.864. The van der Waals surface area contributed by atoms with Gasteiger partial charge >= 0.3 is 0 Å². The maximum atomic E-state index is 5.81. The molecule has 1 aliphatic carbocycles. The van der Waals surface area contributed by atoms with Gasteiger partial charge in [-0.05, 0) is 36.5 Å². The van der Waals surface area contributed by atoms with E-state index in [2.05, 4.69) is 11.9 Å². The standard InChI is InChI=1S/C22H42N2O2/c1-4-5-6-7-19-8-10-20(11-9-19)12-13-21(14-23)15-24-16-22(17-25-2)18-26-3/h14-15,19-20,22H,4-13,16-18,23H2,1-3H3/b21-14-,24-15?. The van der Waals surface area contributed by atoms with Crippen molar-refractivity contribution in [2.24, 2.45) is 28.5 Å². The Kier molecular flexibility index (Phi) is 13.6. The second kappa shape index (κ2) is 15.2. The first-order valence-electron chi connectivity index (χ1n) is 10.6. The summed E-state index contributed by atoms with van der Waals surface area (Å²) in [4.78, 5) is 4.56. The zero-order chi connectivity index (χ0) is 19.0. The molecule has 0 unspecified atom stereocenters. The van der Waals surface area contributed by atoms with Crippen molar-refractivity contribution in [2.75, 3.05) is 34.0 Å². The summed E-state index contributed by atoms with van der Waals surface area (Å²) in [6.45, 7) is 4.36. The number of ether oxygens (including phenoxy) is 2. The molecule has 0 aromatic carbocycles. The van der Waals surface area contributed by atoms with Crippen LogP contribution in [-0.4, -0.2) is 40.2 Å². The first-order valence-corrected chi connectivity index (χ1v) is 10.6. The largest absolute Gasteiger partial charge is 0.404 e. The van der Waals surface area contributed by atoms with Crippen LogP contribution in [0.3, 0.4) is 0 Å². The van der Waals surface area contributed by atoms with Crippen LogP contribution in [0.1, 0.15) is 71.1 Å². The summed E-state index contributed by atoms with van der Waals surface area (Å²) >= 11 is 0. The van der Waals surface area contributed by atoms with Gasteiger partial charge in [-0.3, -0.25) is 4.99 Å². The number of hydrogen-bond donors (Lipinski definition) is 1. The molecule has 0 aromatic rings. The van der Waals surface area contributed by atoms with Crippen molar-refractivity contribution < 1.29 is 9.47 Å². The molecule has 0 radical (unpaired) electrons. The Morgan fingerprint density at radius 3 is 2.19 bits per heavy atom. The van der Waals surface area contributed by atoms with Crippen LogP contribution in [0.15, 0.2) is 16.8 Å². The summed E-state index contributed by atoms with van der Waals surface area (Å²) in [6.07, 6.45) is 17.2. The Morgan fingerprint density at radius 1 is 1.04 bits per heavy atom. The molecule has 4 heteroatoms. The van der Waals surface area contributed by atoms with Gasteiger partial charge < -0.3 is 15.2 Å². The summed E-state index contributed by atoms with van der Waals surface area (Å²) in [6, 6.07) is 0. The molecule has 4 nitrogen and oxygen atoms in total. The molecule has 0 saturated heterocycles. The van der Waals surface area contributed by atoms with Gasteiger partial charge in [0.15, 0.2) is 0 Å². The molecule has 0 amide bonds. The molecule has 2 N–H and O–H groups in total. The molecule has 0 aliphatic heterocycles. The van der Waals surface area contributed by atoms with Gasteiger partial charge in [-0.1, -0.05) is 58.3 Å². The maximum absolute atomic E-state index is 5.81. The zero-order valence-corrected chi connectivity index (χ0v) is 17.4. The number of aliphatic imine (C=N–C) groups is 1. The van der Waals surface area contributed by atoms with E-state index in [1.165, 1.54) is 57.8 Å². The summed E-state index contributed by atoms with van der Waals surface area (Å²) in [7, 11) is 3.44. The molecule has 0 aromatic heterocycles. The smallest absolute Gasteiger partial charge is 0.0530 e. The summed E-state index contributed by atoms with van der Waals surface area (Å²) in [5, 5.41) is 0. The van der Waals surface area contributed by atoms with E-state index >= 15 is 0 Å². The number of allylic oxidation sites excluding steroid dienone is 1. The van der Waals surface area contributed by atoms with E-state index in [1.807, 2.05) is 6.21 Å². The van der Waals surface area contributed by atoms with Gasteiger partial charge in [0.1, 0.15) is 0 Å².